The number of carbonyl (C=O) groups is 1. The summed E-state index contributed by atoms with van der Waals surface area (Å²) in [5.41, 5.74) is 2.98. The number of benzene rings is 2. The van der Waals surface area contributed by atoms with E-state index in [0.29, 0.717) is 39.4 Å². The molecule has 0 bridgehead atoms. The van der Waals surface area contributed by atoms with E-state index < -0.39 is 0 Å². The van der Waals surface area contributed by atoms with Gasteiger partial charge in [-0.15, -0.1) is 0 Å². The Morgan fingerprint density at radius 3 is 2.46 bits per heavy atom. The van der Waals surface area contributed by atoms with Crippen LogP contribution in [0.1, 0.15) is 30.1 Å². The molecule has 182 valence electrons. The molecule has 0 unspecified atom stereocenters. The monoisotopic (exact) mass is 473 g/mol. The quantitative estimate of drug-likeness (QED) is 0.620. The minimum absolute atomic E-state index is 0.0645. The van der Waals surface area contributed by atoms with Gasteiger partial charge in [0.15, 0.2) is 0 Å². The number of aromatic amines is 1. The molecule has 0 saturated carbocycles. The minimum atomic E-state index is -0.0756. The highest BCUT2D eigenvalue weighted by Gasteiger charge is 2.32. The first-order chi connectivity index (χ1) is 17.1. The van der Waals surface area contributed by atoms with E-state index >= 15 is 0 Å². The molecule has 4 heterocycles. The number of morpholine rings is 1. The molecule has 3 aromatic rings. The van der Waals surface area contributed by atoms with Gasteiger partial charge in [-0.2, -0.15) is 0 Å². The molecule has 6 rings (SSSR count). The van der Waals surface area contributed by atoms with Gasteiger partial charge in [-0.3, -0.25) is 4.57 Å². The Balaban J connectivity index is 1.26. The highest BCUT2D eigenvalue weighted by atomic mass is 16.5. The van der Waals surface area contributed by atoms with Crippen LogP contribution in [-0.4, -0.2) is 78.4 Å². The van der Waals surface area contributed by atoms with Crippen LogP contribution in [-0.2, 0) is 4.74 Å². The van der Waals surface area contributed by atoms with Crippen molar-refractivity contribution >= 4 is 28.2 Å². The molecule has 8 nitrogen and oxygen atoms in total. The zero-order valence-electron chi connectivity index (χ0n) is 20.1. The second-order valence-corrected chi connectivity index (χ2v) is 9.66. The van der Waals surface area contributed by atoms with E-state index in [1.165, 1.54) is 10.8 Å². The first-order valence-corrected chi connectivity index (χ1v) is 12.5. The first-order valence-electron chi connectivity index (χ1n) is 12.5. The van der Waals surface area contributed by atoms with E-state index in [-0.39, 0.29) is 17.8 Å². The Labute approximate surface area is 204 Å². The highest BCUT2D eigenvalue weighted by molar-refractivity contribution is 5.91. The summed E-state index contributed by atoms with van der Waals surface area (Å²) >= 11 is 0. The smallest absolute Gasteiger partial charge is 0.327 e. The zero-order valence-corrected chi connectivity index (χ0v) is 20.1. The zero-order chi connectivity index (χ0) is 23.9. The third kappa shape index (κ3) is 3.91. The molecule has 35 heavy (non-hydrogen) atoms. The summed E-state index contributed by atoms with van der Waals surface area (Å²) < 4.78 is 7.31. The number of hydrogen-bond acceptors (Lipinski definition) is 4. The standard InChI is InChI=1S/C27H31N5O3/c1-29-11-10-23(21-7-6-19-4-2-3-5-20(19)18-21)24-25(29)32(26(33)28-24)22-8-12-30(13-9-22)27(34)31-14-16-35-17-15-31/h2-7,10,18,22H,8-9,11-17H2,1H3,(H,28,33). The number of likely N-dealkylation sites (N-methyl/N-ethyl adjacent to an activating group) is 1. The molecule has 0 radical (unpaired) electrons. The summed E-state index contributed by atoms with van der Waals surface area (Å²) in [4.78, 5) is 35.3. The minimum Gasteiger partial charge on any atom is -0.378 e. The van der Waals surface area contributed by atoms with Gasteiger partial charge >= 0.3 is 11.7 Å². The van der Waals surface area contributed by atoms with Gasteiger partial charge in [0, 0.05) is 51.4 Å². The number of hydrogen-bond donors (Lipinski definition) is 1. The molecule has 1 N–H and O–H groups in total. The fourth-order valence-electron chi connectivity index (χ4n) is 5.65. The van der Waals surface area contributed by atoms with Crippen LogP contribution in [0.25, 0.3) is 16.3 Å². The normalized spacial score (nSPS) is 19.1. The van der Waals surface area contributed by atoms with Crippen LogP contribution >= 0.6 is 0 Å². The molecule has 8 heteroatoms. The molecule has 2 saturated heterocycles. The van der Waals surface area contributed by atoms with Gasteiger partial charge in [0.2, 0.25) is 0 Å². The molecule has 3 aliphatic rings. The third-order valence-corrected chi connectivity index (χ3v) is 7.54. The van der Waals surface area contributed by atoms with E-state index in [9.17, 15) is 9.59 Å². The van der Waals surface area contributed by atoms with Crippen LogP contribution in [0.4, 0.5) is 10.6 Å². The molecule has 2 amide bonds. The number of carbonyl (C=O) groups excluding carboxylic acids is 1. The van der Waals surface area contributed by atoms with Gasteiger partial charge in [-0.1, -0.05) is 42.5 Å². The number of piperidine rings is 1. The summed E-state index contributed by atoms with van der Waals surface area (Å²) in [5.74, 6) is 0.943. The topological polar surface area (TPSA) is 73.8 Å². The molecule has 0 atom stereocenters. The Bertz CT molecular complexity index is 1340. The molecule has 2 aromatic carbocycles. The third-order valence-electron chi connectivity index (χ3n) is 7.54. The van der Waals surface area contributed by atoms with Crippen molar-refractivity contribution in [1.29, 1.82) is 0 Å². The summed E-state index contributed by atoms with van der Waals surface area (Å²) in [6, 6.07) is 15.0. The van der Waals surface area contributed by atoms with Crippen LogP contribution in [0.5, 0.6) is 0 Å². The highest BCUT2D eigenvalue weighted by Crippen LogP contribution is 2.37. The van der Waals surface area contributed by atoms with Crippen LogP contribution < -0.4 is 10.6 Å². The number of H-pyrrole nitrogens is 1. The molecular formula is C27H31N5O3. The predicted octanol–water partition coefficient (Wildman–Crippen LogP) is 3.30. The van der Waals surface area contributed by atoms with Crippen LogP contribution in [0.3, 0.4) is 0 Å². The molecule has 0 spiro atoms. The van der Waals surface area contributed by atoms with Gasteiger partial charge in [-0.05, 0) is 35.2 Å². The largest absolute Gasteiger partial charge is 0.378 e. The molecule has 0 aliphatic carbocycles. The van der Waals surface area contributed by atoms with Crippen molar-refractivity contribution in [2.45, 2.75) is 18.9 Å². The van der Waals surface area contributed by atoms with Gasteiger partial charge in [0.25, 0.3) is 0 Å². The maximum Gasteiger partial charge on any atom is 0.327 e. The van der Waals surface area contributed by atoms with Crippen LogP contribution in [0.15, 0.2) is 53.3 Å². The van der Waals surface area contributed by atoms with Crippen molar-refractivity contribution in [2.75, 3.05) is 57.9 Å². The number of fused-ring (bicyclic) bond motifs is 2. The summed E-state index contributed by atoms with van der Waals surface area (Å²) in [5, 5.41) is 2.39. The Kier molecular flexibility index (Phi) is 5.60. The number of anilines is 1. The Hall–Kier alpha value is -3.52. The lowest BCUT2D eigenvalue weighted by atomic mass is 9.96. The van der Waals surface area contributed by atoms with Crippen LogP contribution in [0.2, 0.25) is 0 Å². The van der Waals surface area contributed by atoms with E-state index in [1.807, 2.05) is 27.5 Å². The second-order valence-electron chi connectivity index (χ2n) is 9.66. The summed E-state index contributed by atoms with van der Waals surface area (Å²) in [6.07, 6.45) is 3.72. The van der Waals surface area contributed by atoms with Crippen molar-refractivity contribution < 1.29 is 9.53 Å². The van der Waals surface area contributed by atoms with E-state index in [2.05, 4.69) is 52.4 Å². The number of rotatable bonds is 2. The number of amides is 2. The summed E-state index contributed by atoms with van der Waals surface area (Å²) in [7, 11) is 2.04. The SMILES string of the molecule is CN1CC=C(c2ccc3ccccc3c2)c2[nH]c(=O)n(C3CCN(C(=O)N4CCOCC4)CC3)c21. The second kappa shape index (κ2) is 8.92. The molecule has 3 aliphatic heterocycles. The number of urea groups is 1. The number of imidazole rings is 1. The van der Waals surface area contributed by atoms with Gasteiger partial charge in [0.05, 0.1) is 18.9 Å². The first kappa shape index (κ1) is 22.0. The Morgan fingerprint density at radius 2 is 1.69 bits per heavy atom. The number of nitrogens with one attached hydrogen (secondary N) is 1. The van der Waals surface area contributed by atoms with Gasteiger partial charge in [0.1, 0.15) is 5.82 Å². The van der Waals surface area contributed by atoms with Crippen molar-refractivity contribution in [3.05, 3.63) is 70.3 Å². The number of nitrogens with zero attached hydrogens (tertiary/aromatic N) is 4. The maximum atomic E-state index is 13.3. The number of ether oxygens (including phenoxy) is 1. The lowest BCUT2D eigenvalue weighted by Gasteiger charge is -2.38. The fourth-order valence-corrected chi connectivity index (χ4v) is 5.65. The van der Waals surface area contributed by atoms with E-state index in [4.69, 9.17) is 4.74 Å². The Morgan fingerprint density at radius 1 is 0.971 bits per heavy atom. The predicted molar refractivity (Wildman–Crippen MR) is 137 cm³/mol. The lowest BCUT2D eigenvalue weighted by Crippen LogP contribution is -2.50. The average molecular weight is 474 g/mol. The number of likely N-dealkylation sites (tertiary alicyclic amines) is 1. The maximum absolute atomic E-state index is 13.3. The lowest BCUT2D eigenvalue weighted by molar-refractivity contribution is 0.0402. The van der Waals surface area contributed by atoms with Crippen molar-refractivity contribution in [1.82, 2.24) is 19.4 Å². The van der Waals surface area contributed by atoms with Crippen LogP contribution in [0, 0.1) is 0 Å². The fraction of sp³-hybridized carbons (Fsp3) is 0.407. The molecule has 2 fully saturated rings. The number of aromatic nitrogens is 2. The van der Waals surface area contributed by atoms with Crippen molar-refractivity contribution in [2.24, 2.45) is 0 Å². The van der Waals surface area contributed by atoms with Crippen molar-refractivity contribution in [3.8, 4) is 0 Å². The van der Waals surface area contributed by atoms with Gasteiger partial charge < -0.3 is 24.4 Å². The van der Waals surface area contributed by atoms with Crippen molar-refractivity contribution in [3.63, 3.8) is 0 Å². The molecule has 1 aromatic heterocycles. The van der Waals surface area contributed by atoms with E-state index in [0.717, 1.165) is 42.0 Å². The van der Waals surface area contributed by atoms with E-state index in [1.54, 1.807) is 0 Å². The average Bonchev–Trinajstić information content (AvgIpc) is 3.26. The summed E-state index contributed by atoms with van der Waals surface area (Å²) in [6.45, 7) is 4.56. The van der Waals surface area contributed by atoms with Gasteiger partial charge in [-0.25, -0.2) is 9.59 Å². The molecular weight excluding hydrogens is 442 g/mol.